The summed E-state index contributed by atoms with van der Waals surface area (Å²) in [5, 5.41) is 5.56. The van der Waals surface area contributed by atoms with Crippen molar-refractivity contribution < 1.29 is 0 Å². The number of hydrogen-bond donors (Lipinski definition) is 1. The second kappa shape index (κ2) is 5.48. The highest BCUT2D eigenvalue weighted by Gasteiger charge is 2.35. The molecule has 4 heteroatoms. The molecule has 2 rings (SSSR count). The van der Waals surface area contributed by atoms with Crippen LogP contribution in [0.1, 0.15) is 26.2 Å². The zero-order chi connectivity index (χ0) is 10.7. The topological polar surface area (TPSA) is 24.4 Å². The van der Waals surface area contributed by atoms with E-state index in [0.717, 1.165) is 17.7 Å². The van der Waals surface area contributed by atoms with Crippen LogP contribution in [0.4, 0.5) is 0 Å². The molecule has 1 N–H and O–H groups in total. The van der Waals surface area contributed by atoms with Crippen LogP contribution in [0.2, 0.25) is 0 Å². The molecule has 15 heavy (non-hydrogen) atoms. The maximum absolute atomic E-state index is 4.61. The van der Waals surface area contributed by atoms with Crippen molar-refractivity contribution in [3.63, 3.8) is 0 Å². The predicted molar refractivity (Wildman–Crippen MR) is 72.0 cm³/mol. The highest BCUT2D eigenvalue weighted by atomic mass is 32.2. The zero-order valence-corrected chi connectivity index (χ0v) is 11.2. The number of amidine groups is 1. The summed E-state index contributed by atoms with van der Waals surface area (Å²) < 4.78 is 0. The van der Waals surface area contributed by atoms with E-state index in [1.807, 2.05) is 23.5 Å². The molecule has 1 heterocycles. The van der Waals surface area contributed by atoms with E-state index in [1.165, 1.54) is 30.2 Å². The molecule has 86 valence electrons. The molecular formula is C11H20N2S2. The maximum Gasteiger partial charge on any atom is 0.157 e. The summed E-state index contributed by atoms with van der Waals surface area (Å²) in [6.45, 7) is 3.29. The van der Waals surface area contributed by atoms with E-state index in [2.05, 4.69) is 23.5 Å². The van der Waals surface area contributed by atoms with Gasteiger partial charge in [-0.3, -0.25) is 4.99 Å². The third-order valence-electron chi connectivity index (χ3n) is 3.01. The molecule has 0 spiro atoms. The number of nitrogens with zero attached hydrogens (tertiary/aromatic N) is 1. The molecule has 0 aromatic rings. The molecule has 1 fully saturated rings. The molecule has 0 amide bonds. The number of rotatable bonds is 5. The molecule has 0 bridgehead atoms. The Labute approximate surface area is 101 Å². The van der Waals surface area contributed by atoms with Crippen molar-refractivity contribution in [2.45, 2.75) is 37.5 Å². The molecular weight excluding hydrogens is 224 g/mol. The zero-order valence-electron chi connectivity index (χ0n) is 9.53. The monoisotopic (exact) mass is 244 g/mol. The third kappa shape index (κ3) is 3.31. The Hall–Kier alpha value is 0.170. The standard InChI is InChI=1S/C11H20N2S2/c1-3-9(7-14-2)13-11-12-6-10(15-11)8-4-5-8/h8-10H,3-7H2,1-2H3,(H,12,13). The summed E-state index contributed by atoms with van der Waals surface area (Å²) in [4.78, 5) is 4.61. The summed E-state index contributed by atoms with van der Waals surface area (Å²) in [5.74, 6) is 2.16. The van der Waals surface area contributed by atoms with Crippen LogP contribution in [-0.4, -0.2) is 35.0 Å². The van der Waals surface area contributed by atoms with Gasteiger partial charge in [-0.15, -0.1) is 0 Å². The van der Waals surface area contributed by atoms with Gasteiger partial charge in [-0.05, 0) is 31.4 Å². The van der Waals surface area contributed by atoms with E-state index in [4.69, 9.17) is 0 Å². The van der Waals surface area contributed by atoms with Crippen LogP contribution in [-0.2, 0) is 0 Å². The fraction of sp³-hybridized carbons (Fsp3) is 0.909. The first-order valence-electron chi connectivity index (χ1n) is 5.80. The minimum atomic E-state index is 0.601. The molecule has 1 aliphatic heterocycles. The Balaban J connectivity index is 1.74. The quantitative estimate of drug-likeness (QED) is 0.804. The lowest BCUT2D eigenvalue weighted by atomic mass is 10.3. The SMILES string of the molecule is CCC(CSC)NC1=NCC(C2CC2)S1. The second-order valence-electron chi connectivity index (χ2n) is 4.34. The normalized spacial score (nSPS) is 27.6. The van der Waals surface area contributed by atoms with E-state index in [0.29, 0.717) is 6.04 Å². The lowest BCUT2D eigenvalue weighted by Crippen LogP contribution is -2.34. The highest BCUT2D eigenvalue weighted by molar-refractivity contribution is 8.14. The van der Waals surface area contributed by atoms with Crippen molar-refractivity contribution >= 4 is 28.7 Å². The van der Waals surface area contributed by atoms with Crippen LogP contribution in [0.3, 0.4) is 0 Å². The summed E-state index contributed by atoms with van der Waals surface area (Å²) in [7, 11) is 0. The molecule has 0 saturated heterocycles. The van der Waals surface area contributed by atoms with Crippen molar-refractivity contribution in [1.29, 1.82) is 0 Å². The molecule has 2 nitrogen and oxygen atoms in total. The highest BCUT2D eigenvalue weighted by Crippen LogP contribution is 2.41. The first-order chi connectivity index (χ1) is 7.33. The van der Waals surface area contributed by atoms with Gasteiger partial charge in [-0.1, -0.05) is 18.7 Å². The van der Waals surface area contributed by atoms with Crippen LogP contribution >= 0.6 is 23.5 Å². The van der Waals surface area contributed by atoms with Crippen molar-refractivity contribution in [3.05, 3.63) is 0 Å². The van der Waals surface area contributed by atoms with Gasteiger partial charge in [-0.25, -0.2) is 0 Å². The van der Waals surface area contributed by atoms with Crippen molar-refractivity contribution in [1.82, 2.24) is 5.32 Å². The molecule has 0 aromatic heterocycles. The van der Waals surface area contributed by atoms with Crippen molar-refractivity contribution in [2.75, 3.05) is 18.6 Å². The van der Waals surface area contributed by atoms with Gasteiger partial charge in [-0.2, -0.15) is 11.8 Å². The smallest absolute Gasteiger partial charge is 0.157 e. The predicted octanol–water partition coefficient (Wildman–Crippen LogP) is 2.60. The third-order valence-corrected chi connectivity index (χ3v) is 5.06. The van der Waals surface area contributed by atoms with Crippen LogP contribution in [0.25, 0.3) is 0 Å². The fourth-order valence-corrected chi connectivity index (χ4v) is 3.83. The molecule has 0 radical (unpaired) electrons. The average Bonchev–Trinajstić information content (AvgIpc) is 2.99. The molecule has 2 atom stereocenters. The average molecular weight is 244 g/mol. The van der Waals surface area contributed by atoms with Crippen LogP contribution in [0.5, 0.6) is 0 Å². The Morgan fingerprint density at radius 1 is 1.60 bits per heavy atom. The van der Waals surface area contributed by atoms with Gasteiger partial charge in [0.2, 0.25) is 0 Å². The fourth-order valence-electron chi connectivity index (χ4n) is 1.82. The number of aliphatic imine (C=N–C) groups is 1. The van der Waals surface area contributed by atoms with Gasteiger partial charge in [0.25, 0.3) is 0 Å². The van der Waals surface area contributed by atoms with Crippen LogP contribution < -0.4 is 5.32 Å². The molecule has 2 aliphatic rings. The Morgan fingerprint density at radius 2 is 2.40 bits per heavy atom. The number of nitrogens with one attached hydrogen (secondary N) is 1. The van der Waals surface area contributed by atoms with Crippen LogP contribution in [0, 0.1) is 5.92 Å². The van der Waals surface area contributed by atoms with Crippen molar-refractivity contribution in [2.24, 2.45) is 10.9 Å². The summed E-state index contributed by atoms with van der Waals surface area (Å²) in [6.07, 6.45) is 6.22. The molecule has 1 aliphatic carbocycles. The largest absolute Gasteiger partial charge is 0.361 e. The summed E-state index contributed by atoms with van der Waals surface area (Å²) in [6, 6.07) is 0.601. The number of hydrogen-bond acceptors (Lipinski definition) is 4. The summed E-state index contributed by atoms with van der Waals surface area (Å²) >= 11 is 3.89. The Kier molecular flexibility index (Phi) is 4.26. The van der Waals surface area contributed by atoms with E-state index < -0.39 is 0 Å². The first kappa shape index (κ1) is 11.6. The lowest BCUT2D eigenvalue weighted by Gasteiger charge is -2.16. The second-order valence-corrected chi connectivity index (χ2v) is 6.48. The number of thioether (sulfide) groups is 2. The van der Waals surface area contributed by atoms with E-state index >= 15 is 0 Å². The van der Waals surface area contributed by atoms with Gasteiger partial charge < -0.3 is 5.32 Å². The first-order valence-corrected chi connectivity index (χ1v) is 8.07. The van der Waals surface area contributed by atoms with E-state index in [-0.39, 0.29) is 0 Å². The van der Waals surface area contributed by atoms with Gasteiger partial charge in [0, 0.05) is 17.0 Å². The van der Waals surface area contributed by atoms with Gasteiger partial charge in [0.15, 0.2) is 5.17 Å². The van der Waals surface area contributed by atoms with Gasteiger partial charge in [0.1, 0.15) is 0 Å². The van der Waals surface area contributed by atoms with E-state index in [1.54, 1.807) is 0 Å². The molecule has 1 saturated carbocycles. The Bertz CT molecular complexity index is 239. The molecule has 0 aromatic carbocycles. The summed E-state index contributed by atoms with van der Waals surface area (Å²) in [5.41, 5.74) is 0. The Morgan fingerprint density at radius 3 is 3.00 bits per heavy atom. The minimum absolute atomic E-state index is 0.601. The lowest BCUT2D eigenvalue weighted by molar-refractivity contribution is 0.656. The van der Waals surface area contributed by atoms with Crippen molar-refractivity contribution in [3.8, 4) is 0 Å². The maximum atomic E-state index is 4.61. The van der Waals surface area contributed by atoms with Gasteiger partial charge >= 0.3 is 0 Å². The van der Waals surface area contributed by atoms with Crippen LogP contribution in [0.15, 0.2) is 4.99 Å². The minimum Gasteiger partial charge on any atom is -0.361 e. The van der Waals surface area contributed by atoms with E-state index in [9.17, 15) is 0 Å². The molecule has 2 unspecified atom stereocenters. The van der Waals surface area contributed by atoms with Gasteiger partial charge in [0.05, 0.1) is 6.54 Å².